The van der Waals surface area contributed by atoms with E-state index in [1.54, 1.807) is 0 Å². The first-order valence-electron chi connectivity index (χ1n) is 3.97. The van der Waals surface area contributed by atoms with Crippen LogP contribution in [0.15, 0.2) is 0 Å². The Morgan fingerprint density at radius 1 is 1.64 bits per heavy atom. The second kappa shape index (κ2) is 4.01. The molecule has 0 aromatic carbocycles. The molecule has 4 nitrogen and oxygen atoms in total. The van der Waals surface area contributed by atoms with Gasteiger partial charge in [-0.05, 0) is 19.9 Å². The molecule has 1 fully saturated rings. The van der Waals surface area contributed by atoms with Gasteiger partial charge in [-0.3, -0.25) is 0 Å². The number of rotatable bonds is 2. The molecule has 11 heavy (non-hydrogen) atoms. The van der Waals surface area contributed by atoms with Gasteiger partial charge in [-0.25, -0.2) is 0 Å². The molecular formula is C7H16N2O2. The summed E-state index contributed by atoms with van der Waals surface area (Å²) in [6.45, 7) is 0.782. The number of nitrogens with one attached hydrogen (secondary N) is 1. The van der Waals surface area contributed by atoms with Crippen LogP contribution >= 0.6 is 0 Å². The average Bonchev–Trinajstić information content (AvgIpc) is 1.98. The van der Waals surface area contributed by atoms with Crippen LogP contribution in [-0.4, -0.2) is 37.1 Å². The zero-order valence-corrected chi connectivity index (χ0v) is 6.79. The Kier molecular flexibility index (Phi) is 3.26. The first kappa shape index (κ1) is 8.93. The number of nitrogens with two attached hydrogens (primary N) is 1. The van der Waals surface area contributed by atoms with E-state index in [1.165, 1.54) is 0 Å². The van der Waals surface area contributed by atoms with Crippen LogP contribution in [0.5, 0.6) is 0 Å². The predicted octanol–water partition coefficient (Wildman–Crippen LogP) is -0.969. The zero-order valence-electron chi connectivity index (χ0n) is 6.79. The summed E-state index contributed by atoms with van der Waals surface area (Å²) in [4.78, 5) is 0. The smallest absolute Gasteiger partial charge is 0.170 e. The van der Waals surface area contributed by atoms with E-state index in [1.807, 2.05) is 7.05 Å². The molecular weight excluding hydrogens is 144 g/mol. The van der Waals surface area contributed by atoms with Gasteiger partial charge in [0.15, 0.2) is 6.29 Å². The molecule has 0 bridgehead atoms. The van der Waals surface area contributed by atoms with Gasteiger partial charge in [0.2, 0.25) is 0 Å². The van der Waals surface area contributed by atoms with Crippen LogP contribution in [-0.2, 0) is 4.74 Å². The molecule has 1 rings (SSSR count). The summed E-state index contributed by atoms with van der Waals surface area (Å²) in [5.74, 6) is 0. The van der Waals surface area contributed by atoms with Crippen LogP contribution in [0.25, 0.3) is 0 Å². The molecule has 1 aliphatic heterocycles. The van der Waals surface area contributed by atoms with Crippen LogP contribution in [0.1, 0.15) is 12.8 Å². The first-order valence-corrected chi connectivity index (χ1v) is 3.97. The molecule has 0 radical (unpaired) electrons. The van der Waals surface area contributed by atoms with Crippen molar-refractivity contribution in [3.05, 3.63) is 0 Å². The Labute approximate surface area is 66.7 Å². The van der Waals surface area contributed by atoms with E-state index in [0.717, 1.165) is 19.4 Å². The van der Waals surface area contributed by atoms with Crippen molar-refractivity contribution >= 4 is 0 Å². The SMILES string of the molecule is CNCC1CCC(N)C(O)O1. The van der Waals surface area contributed by atoms with Crippen LogP contribution in [0, 0.1) is 0 Å². The van der Waals surface area contributed by atoms with Crippen LogP contribution in [0.4, 0.5) is 0 Å². The minimum absolute atomic E-state index is 0.120. The van der Waals surface area contributed by atoms with Crippen LogP contribution in [0.3, 0.4) is 0 Å². The molecule has 4 N–H and O–H groups in total. The molecule has 0 spiro atoms. The minimum Gasteiger partial charge on any atom is -0.367 e. The lowest BCUT2D eigenvalue weighted by atomic mass is 10.0. The van der Waals surface area contributed by atoms with Crippen molar-refractivity contribution in [2.45, 2.75) is 31.3 Å². The van der Waals surface area contributed by atoms with Crippen molar-refractivity contribution in [1.82, 2.24) is 5.32 Å². The van der Waals surface area contributed by atoms with Gasteiger partial charge in [0.05, 0.1) is 12.1 Å². The zero-order chi connectivity index (χ0) is 8.27. The highest BCUT2D eigenvalue weighted by molar-refractivity contribution is 4.75. The van der Waals surface area contributed by atoms with Crippen molar-refractivity contribution in [1.29, 1.82) is 0 Å². The molecule has 0 aromatic rings. The Hall–Kier alpha value is -0.160. The molecule has 0 aliphatic carbocycles. The topological polar surface area (TPSA) is 67.5 Å². The third kappa shape index (κ3) is 2.41. The normalized spacial score (nSPS) is 39.0. The Balaban J connectivity index is 2.28. The lowest BCUT2D eigenvalue weighted by Gasteiger charge is -2.31. The number of aliphatic hydroxyl groups excluding tert-OH is 1. The Morgan fingerprint density at radius 3 is 2.91 bits per heavy atom. The number of hydrogen-bond acceptors (Lipinski definition) is 4. The number of likely N-dealkylation sites (N-methyl/N-ethyl adjacent to an activating group) is 1. The van der Waals surface area contributed by atoms with Crippen molar-refractivity contribution in [2.75, 3.05) is 13.6 Å². The summed E-state index contributed by atoms with van der Waals surface area (Å²) in [6, 6.07) is -0.205. The largest absolute Gasteiger partial charge is 0.367 e. The van der Waals surface area contributed by atoms with Crippen molar-refractivity contribution in [2.24, 2.45) is 5.73 Å². The average molecular weight is 160 g/mol. The summed E-state index contributed by atoms with van der Waals surface area (Å²) in [6.07, 6.45) is 1.11. The fourth-order valence-electron chi connectivity index (χ4n) is 1.26. The molecule has 0 amide bonds. The molecule has 1 aliphatic rings. The van der Waals surface area contributed by atoms with Gasteiger partial charge in [-0.2, -0.15) is 0 Å². The molecule has 66 valence electrons. The van der Waals surface area contributed by atoms with Crippen molar-refractivity contribution in [3.63, 3.8) is 0 Å². The Morgan fingerprint density at radius 2 is 2.36 bits per heavy atom. The molecule has 0 aromatic heterocycles. The standard InChI is InChI=1S/C7H16N2O2/c1-9-4-5-2-3-6(8)7(10)11-5/h5-7,9-10H,2-4,8H2,1H3. The Bertz CT molecular complexity index is 121. The summed E-state index contributed by atoms with van der Waals surface area (Å²) >= 11 is 0. The minimum atomic E-state index is -0.776. The van der Waals surface area contributed by atoms with E-state index in [4.69, 9.17) is 10.5 Å². The van der Waals surface area contributed by atoms with E-state index in [2.05, 4.69) is 5.32 Å². The highest BCUT2D eigenvalue weighted by Crippen LogP contribution is 2.15. The third-order valence-corrected chi connectivity index (χ3v) is 1.95. The van der Waals surface area contributed by atoms with Gasteiger partial charge in [-0.1, -0.05) is 0 Å². The first-order chi connectivity index (χ1) is 5.24. The fourth-order valence-corrected chi connectivity index (χ4v) is 1.26. The summed E-state index contributed by atoms with van der Waals surface area (Å²) in [5, 5.41) is 12.2. The highest BCUT2D eigenvalue weighted by Gasteiger charge is 2.26. The number of ether oxygens (including phenoxy) is 1. The second-order valence-electron chi connectivity index (χ2n) is 2.95. The van der Waals surface area contributed by atoms with Gasteiger partial charge in [0.1, 0.15) is 0 Å². The van der Waals surface area contributed by atoms with Crippen LogP contribution in [0.2, 0.25) is 0 Å². The molecule has 1 saturated heterocycles. The van der Waals surface area contributed by atoms with Crippen LogP contribution < -0.4 is 11.1 Å². The summed E-state index contributed by atoms with van der Waals surface area (Å²) in [7, 11) is 1.87. The van der Waals surface area contributed by atoms with Gasteiger partial charge in [0, 0.05) is 6.54 Å². The van der Waals surface area contributed by atoms with Gasteiger partial charge >= 0.3 is 0 Å². The molecule has 3 atom stereocenters. The molecule has 1 heterocycles. The maximum atomic E-state index is 9.20. The van der Waals surface area contributed by atoms with E-state index < -0.39 is 6.29 Å². The summed E-state index contributed by atoms with van der Waals surface area (Å²) in [5.41, 5.74) is 5.54. The van der Waals surface area contributed by atoms with E-state index in [9.17, 15) is 5.11 Å². The lowest BCUT2D eigenvalue weighted by molar-refractivity contribution is -0.170. The van der Waals surface area contributed by atoms with Crippen molar-refractivity contribution < 1.29 is 9.84 Å². The maximum Gasteiger partial charge on any atom is 0.170 e. The number of hydrogen-bond donors (Lipinski definition) is 3. The second-order valence-corrected chi connectivity index (χ2v) is 2.95. The quantitative estimate of drug-likeness (QED) is 0.486. The number of aliphatic hydroxyl groups is 1. The van der Waals surface area contributed by atoms with Gasteiger partial charge in [-0.15, -0.1) is 0 Å². The van der Waals surface area contributed by atoms with Gasteiger partial charge < -0.3 is 20.9 Å². The van der Waals surface area contributed by atoms with E-state index in [-0.39, 0.29) is 12.1 Å². The fraction of sp³-hybridized carbons (Fsp3) is 1.00. The third-order valence-electron chi connectivity index (χ3n) is 1.95. The monoisotopic (exact) mass is 160 g/mol. The van der Waals surface area contributed by atoms with E-state index in [0.29, 0.717) is 0 Å². The summed E-state index contributed by atoms with van der Waals surface area (Å²) < 4.78 is 5.21. The molecule has 3 unspecified atom stereocenters. The highest BCUT2D eigenvalue weighted by atomic mass is 16.6. The molecule has 0 saturated carbocycles. The maximum absolute atomic E-state index is 9.20. The predicted molar refractivity (Wildman–Crippen MR) is 42.0 cm³/mol. The lowest BCUT2D eigenvalue weighted by Crippen LogP contribution is -2.46. The van der Waals surface area contributed by atoms with E-state index >= 15 is 0 Å². The van der Waals surface area contributed by atoms with Crippen molar-refractivity contribution in [3.8, 4) is 0 Å². The van der Waals surface area contributed by atoms with Gasteiger partial charge in [0.25, 0.3) is 0 Å². The molecule has 4 heteroatoms.